The molecule has 1 aliphatic rings. The highest BCUT2D eigenvalue weighted by Crippen LogP contribution is 2.52. The highest BCUT2D eigenvalue weighted by atomic mass is 32.1. The number of ether oxygens (including phenoxy) is 1. The number of methoxy groups -OCH3 is 1. The second-order valence-electron chi connectivity index (χ2n) is 8.55. The Bertz CT molecular complexity index is 1120. The van der Waals surface area contributed by atoms with Gasteiger partial charge in [-0.25, -0.2) is 4.79 Å². The SMILES string of the molecule is CCCCCCCCC1=CC(C(=O)OC)=P(c2ccccc2)(c2ccccc2)c2sccc21. The highest BCUT2D eigenvalue weighted by molar-refractivity contribution is 7.99. The molecule has 0 N–H and O–H groups in total. The van der Waals surface area contributed by atoms with Crippen LogP contribution < -0.4 is 15.2 Å². The van der Waals surface area contributed by atoms with Gasteiger partial charge < -0.3 is 4.74 Å². The standard InChI is InChI=1S/C29H33O2PS/c1-3-4-5-6-7-10-15-23-22-27(28(30)31-2)32(24-16-11-8-12-17-24,25-18-13-9-14-19-25)29-26(23)20-21-33-29/h8-9,11-14,16-22H,3-7,10,15H2,1-2H3. The molecule has 3 aromatic rings. The molecule has 0 unspecified atom stereocenters. The fraction of sp³-hybridized carbons (Fsp3) is 0.310. The van der Waals surface area contributed by atoms with E-state index < -0.39 is 6.89 Å². The van der Waals surface area contributed by atoms with E-state index in [1.807, 2.05) is 12.1 Å². The number of unbranched alkanes of at least 4 members (excludes halogenated alkanes) is 5. The number of hydrogen-bond acceptors (Lipinski definition) is 3. The van der Waals surface area contributed by atoms with Crippen LogP contribution in [-0.4, -0.2) is 18.4 Å². The molecular formula is C29H33O2PS. The third-order valence-corrected chi connectivity index (χ3v) is 12.3. The first-order valence-corrected chi connectivity index (χ1v) is 14.7. The average Bonchev–Trinajstić information content (AvgIpc) is 3.37. The van der Waals surface area contributed by atoms with Crippen LogP contribution >= 0.6 is 18.2 Å². The summed E-state index contributed by atoms with van der Waals surface area (Å²) in [5.41, 5.74) is 2.60. The van der Waals surface area contributed by atoms with Gasteiger partial charge in [-0.2, -0.15) is 0 Å². The van der Waals surface area contributed by atoms with Crippen LogP contribution in [0.15, 0.2) is 78.2 Å². The molecule has 0 fully saturated rings. The summed E-state index contributed by atoms with van der Waals surface area (Å²) < 4.78 is 6.73. The van der Waals surface area contributed by atoms with E-state index >= 15 is 0 Å². The molecule has 33 heavy (non-hydrogen) atoms. The summed E-state index contributed by atoms with van der Waals surface area (Å²) in [7, 11) is 1.51. The summed E-state index contributed by atoms with van der Waals surface area (Å²) >= 11 is 1.79. The van der Waals surface area contributed by atoms with Crippen molar-refractivity contribution in [3.05, 3.63) is 83.7 Å². The van der Waals surface area contributed by atoms with E-state index in [1.54, 1.807) is 11.3 Å². The summed E-state index contributed by atoms with van der Waals surface area (Å²) in [5.74, 6) is -0.212. The van der Waals surface area contributed by atoms with Crippen LogP contribution in [0.4, 0.5) is 0 Å². The van der Waals surface area contributed by atoms with Crippen molar-refractivity contribution in [1.29, 1.82) is 0 Å². The first-order valence-electron chi connectivity index (χ1n) is 12.0. The van der Waals surface area contributed by atoms with Gasteiger partial charge in [0.2, 0.25) is 0 Å². The number of allylic oxidation sites excluding steroid dienone is 1. The van der Waals surface area contributed by atoms with Crippen LogP contribution in [-0.2, 0) is 9.53 Å². The Balaban J connectivity index is 1.89. The van der Waals surface area contributed by atoms with E-state index in [2.05, 4.69) is 73.0 Å². The van der Waals surface area contributed by atoms with Gasteiger partial charge in [0.15, 0.2) is 0 Å². The van der Waals surface area contributed by atoms with Gasteiger partial charge >= 0.3 is 5.97 Å². The molecule has 0 bridgehead atoms. The van der Waals surface area contributed by atoms with E-state index in [9.17, 15) is 4.79 Å². The summed E-state index contributed by atoms with van der Waals surface area (Å²) in [5, 5.41) is 5.42. The van der Waals surface area contributed by atoms with E-state index in [-0.39, 0.29) is 5.97 Å². The van der Waals surface area contributed by atoms with Crippen LogP contribution in [0, 0.1) is 0 Å². The number of benzene rings is 2. The lowest BCUT2D eigenvalue weighted by atomic mass is 9.99. The number of carbonyl (C=O) groups excluding carboxylic acids is 1. The number of rotatable bonds is 10. The molecule has 0 amide bonds. The Morgan fingerprint density at radius 3 is 2.06 bits per heavy atom. The topological polar surface area (TPSA) is 26.3 Å². The number of hydrogen-bond donors (Lipinski definition) is 0. The Kier molecular flexibility index (Phi) is 8.06. The van der Waals surface area contributed by atoms with Crippen molar-refractivity contribution in [1.82, 2.24) is 0 Å². The van der Waals surface area contributed by atoms with Crippen LogP contribution in [0.3, 0.4) is 0 Å². The second kappa shape index (κ2) is 11.2. The van der Waals surface area contributed by atoms with Crippen molar-refractivity contribution in [2.24, 2.45) is 0 Å². The minimum atomic E-state index is -2.33. The lowest BCUT2D eigenvalue weighted by Crippen LogP contribution is -2.35. The summed E-state index contributed by atoms with van der Waals surface area (Å²) in [6, 6.07) is 23.4. The second-order valence-corrected chi connectivity index (χ2v) is 13.1. The predicted octanol–water partition coefficient (Wildman–Crippen LogP) is 6.54. The maximum atomic E-state index is 13.4. The van der Waals surface area contributed by atoms with Gasteiger partial charge in [0.05, 0.1) is 12.4 Å². The molecule has 1 aromatic heterocycles. The quantitative estimate of drug-likeness (QED) is 0.189. The monoisotopic (exact) mass is 476 g/mol. The van der Waals surface area contributed by atoms with E-state index in [1.165, 1.54) is 65.6 Å². The molecule has 2 nitrogen and oxygen atoms in total. The Labute approximate surface area is 202 Å². The molecular weight excluding hydrogens is 443 g/mol. The number of thiophene rings is 1. The van der Waals surface area contributed by atoms with Gasteiger partial charge in [-0.05, 0) is 52.1 Å². The van der Waals surface area contributed by atoms with Crippen molar-refractivity contribution in [2.45, 2.75) is 51.9 Å². The van der Waals surface area contributed by atoms with Gasteiger partial charge in [-0.15, -0.1) is 11.3 Å². The fourth-order valence-electron chi connectivity index (χ4n) is 4.82. The molecule has 4 rings (SSSR count). The molecule has 0 aliphatic carbocycles. The van der Waals surface area contributed by atoms with Crippen molar-refractivity contribution < 1.29 is 9.53 Å². The maximum Gasteiger partial charge on any atom is 0.338 e. The van der Waals surface area contributed by atoms with Crippen molar-refractivity contribution in [3.63, 3.8) is 0 Å². The van der Waals surface area contributed by atoms with Gasteiger partial charge in [-0.1, -0.05) is 99.7 Å². The average molecular weight is 477 g/mol. The molecule has 0 radical (unpaired) electrons. The Morgan fingerprint density at radius 1 is 0.848 bits per heavy atom. The molecule has 2 aromatic carbocycles. The largest absolute Gasteiger partial charge is 0.465 e. The summed E-state index contributed by atoms with van der Waals surface area (Å²) in [6.07, 6.45) is 10.8. The minimum Gasteiger partial charge on any atom is -0.465 e. The first kappa shape index (κ1) is 23.8. The van der Waals surface area contributed by atoms with E-state index in [4.69, 9.17) is 4.74 Å². The van der Waals surface area contributed by atoms with Crippen LogP contribution in [0.1, 0.15) is 57.4 Å². The van der Waals surface area contributed by atoms with Gasteiger partial charge in [0.1, 0.15) is 0 Å². The summed E-state index contributed by atoms with van der Waals surface area (Å²) in [4.78, 5) is 13.4. The molecule has 1 aliphatic heterocycles. The molecule has 2 heterocycles. The van der Waals surface area contributed by atoms with E-state index in [0.29, 0.717) is 0 Å². The number of carbonyl (C=O) groups is 1. The smallest absolute Gasteiger partial charge is 0.338 e. The third-order valence-electron chi connectivity index (χ3n) is 6.45. The zero-order valence-electron chi connectivity index (χ0n) is 19.6. The van der Waals surface area contributed by atoms with Crippen molar-refractivity contribution >= 4 is 50.3 Å². The normalized spacial score (nSPS) is 14.5. The zero-order chi connectivity index (χ0) is 23.1. The fourth-order valence-corrected chi connectivity index (χ4v) is 11.3. The van der Waals surface area contributed by atoms with E-state index in [0.717, 1.165) is 18.1 Å². The maximum absolute atomic E-state index is 13.4. The first-order chi connectivity index (χ1) is 16.2. The number of esters is 1. The lowest BCUT2D eigenvalue weighted by molar-refractivity contribution is -0.132. The summed E-state index contributed by atoms with van der Waals surface area (Å²) in [6.45, 7) is -0.0730. The molecule has 172 valence electrons. The van der Waals surface area contributed by atoms with Gasteiger partial charge in [0.25, 0.3) is 0 Å². The molecule has 0 atom stereocenters. The highest BCUT2D eigenvalue weighted by Gasteiger charge is 2.38. The minimum absolute atomic E-state index is 0.212. The van der Waals surface area contributed by atoms with Gasteiger partial charge in [-0.3, -0.25) is 0 Å². The van der Waals surface area contributed by atoms with Crippen molar-refractivity contribution in [3.8, 4) is 0 Å². The lowest BCUT2D eigenvalue weighted by Gasteiger charge is -2.34. The van der Waals surface area contributed by atoms with Crippen LogP contribution in [0.25, 0.3) is 5.57 Å². The molecule has 0 saturated carbocycles. The third kappa shape index (κ3) is 4.67. The van der Waals surface area contributed by atoms with Crippen molar-refractivity contribution in [2.75, 3.05) is 7.11 Å². The molecule has 4 heteroatoms. The number of fused-ring (bicyclic) bond motifs is 1. The molecule has 0 saturated heterocycles. The predicted molar refractivity (Wildman–Crippen MR) is 146 cm³/mol. The zero-order valence-corrected chi connectivity index (χ0v) is 21.3. The van der Waals surface area contributed by atoms with Crippen LogP contribution in [0.2, 0.25) is 0 Å². The Morgan fingerprint density at radius 2 is 1.45 bits per heavy atom. The molecule has 0 spiro atoms. The Hall–Kier alpha value is -2.35. The van der Waals surface area contributed by atoms with Gasteiger partial charge in [0, 0.05) is 11.5 Å². The van der Waals surface area contributed by atoms with Crippen LogP contribution in [0.5, 0.6) is 0 Å².